The fourth-order valence-corrected chi connectivity index (χ4v) is 4.76. The smallest absolute Gasteiger partial charge is 0.317 e. The molecule has 0 aliphatic carbocycles. The number of carbonyl (C=O) groups is 1. The van der Waals surface area contributed by atoms with Crippen molar-refractivity contribution in [2.24, 2.45) is 0 Å². The van der Waals surface area contributed by atoms with E-state index in [2.05, 4.69) is 16.8 Å². The third kappa shape index (κ3) is 3.36. The van der Waals surface area contributed by atoms with Crippen molar-refractivity contribution in [2.75, 3.05) is 33.2 Å². The van der Waals surface area contributed by atoms with Crippen molar-refractivity contribution >= 4 is 27.0 Å². The topological polar surface area (TPSA) is 74.7 Å². The van der Waals surface area contributed by atoms with Crippen molar-refractivity contribution in [1.29, 1.82) is 0 Å². The van der Waals surface area contributed by atoms with Crippen LogP contribution < -0.4 is 5.32 Å². The Morgan fingerprint density at radius 2 is 1.96 bits per heavy atom. The van der Waals surface area contributed by atoms with E-state index in [0.29, 0.717) is 37.5 Å². The number of carbonyl (C=O) groups excluding carboxylic acids is 1. The molecule has 0 radical (unpaired) electrons. The summed E-state index contributed by atoms with van der Waals surface area (Å²) in [4.78, 5) is 13.7. The number of aromatic nitrogens is 1. The second-order valence-electron chi connectivity index (χ2n) is 6.12. The van der Waals surface area contributed by atoms with Gasteiger partial charge in [-0.1, -0.05) is 0 Å². The zero-order valence-electron chi connectivity index (χ0n) is 14.6. The van der Waals surface area contributed by atoms with Crippen molar-refractivity contribution in [3.63, 3.8) is 0 Å². The van der Waals surface area contributed by atoms with Crippen LogP contribution in [-0.2, 0) is 16.6 Å². The number of rotatable bonds is 3. The molecule has 3 rings (SSSR count). The molecule has 0 bridgehead atoms. The van der Waals surface area contributed by atoms with Crippen molar-refractivity contribution in [2.45, 2.75) is 24.8 Å². The molecule has 1 aromatic carbocycles. The van der Waals surface area contributed by atoms with Crippen LogP contribution in [-0.4, -0.2) is 61.4 Å². The maximum Gasteiger partial charge on any atom is 0.317 e. The molecule has 1 fully saturated rings. The number of nitrogens with zero attached hydrogens (tertiary/aromatic N) is 3. The summed E-state index contributed by atoms with van der Waals surface area (Å²) in [6.07, 6.45) is 2.59. The van der Waals surface area contributed by atoms with Gasteiger partial charge < -0.3 is 14.8 Å². The van der Waals surface area contributed by atoms with Gasteiger partial charge in [0, 0.05) is 56.9 Å². The number of benzene rings is 1. The van der Waals surface area contributed by atoms with E-state index in [4.69, 9.17) is 0 Å². The molecule has 8 heteroatoms. The van der Waals surface area contributed by atoms with Crippen molar-refractivity contribution in [1.82, 2.24) is 19.1 Å². The van der Waals surface area contributed by atoms with Gasteiger partial charge in [0.15, 0.2) is 0 Å². The summed E-state index contributed by atoms with van der Waals surface area (Å²) >= 11 is 0. The average molecular weight is 364 g/mol. The molecule has 1 N–H and O–H groups in total. The Labute approximate surface area is 148 Å². The maximum atomic E-state index is 13.0. The number of fused-ring (bicyclic) bond motifs is 1. The van der Waals surface area contributed by atoms with Crippen molar-refractivity contribution in [3.8, 4) is 0 Å². The molecule has 25 heavy (non-hydrogen) atoms. The number of sulfonamides is 1. The number of hydrogen-bond acceptors (Lipinski definition) is 3. The molecular weight excluding hydrogens is 340 g/mol. The summed E-state index contributed by atoms with van der Waals surface area (Å²) < 4.78 is 29.6. The van der Waals surface area contributed by atoms with E-state index in [1.807, 2.05) is 18.3 Å². The van der Waals surface area contributed by atoms with Crippen LogP contribution in [0.3, 0.4) is 0 Å². The third-order valence-electron chi connectivity index (χ3n) is 4.68. The largest absolute Gasteiger partial charge is 0.348 e. The van der Waals surface area contributed by atoms with Crippen LogP contribution in [0.15, 0.2) is 35.4 Å². The normalized spacial score (nSPS) is 16.8. The molecular formula is C17H24N4O3S. The van der Waals surface area contributed by atoms with Crippen molar-refractivity contribution in [3.05, 3.63) is 30.5 Å². The van der Waals surface area contributed by atoms with Gasteiger partial charge in [0.1, 0.15) is 0 Å². The molecule has 7 nitrogen and oxygen atoms in total. The minimum Gasteiger partial charge on any atom is -0.348 e. The molecule has 1 aliphatic heterocycles. The Bertz CT molecular complexity index is 875. The van der Waals surface area contributed by atoms with Crippen LogP contribution in [0.4, 0.5) is 4.79 Å². The molecule has 0 atom stereocenters. The predicted octanol–water partition coefficient (Wildman–Crippen LogP) is 1.70. The Balaban J connectivity index is 1.85. The maximum absolute atomic E-state index is 13.0. The van der Waals surface area contributed by atoms with Gasteiger partial charge in [-0.3, -0.25) is 0 Å². The van der Waals surface area contributed by atoms with Gasteiger partial charge in [-0.25, -0.2) is 13.2 Å². The first-order valence-electron chi connectivity index (χ1n) is 8.53. The predicted molar refractivity (Wildman–Crippen MR) is 97.0 cm³/mol. The average Bonchev–Trinajstić information content (AvgIpc) is 2.86. The summed E-state index contributed by atoms with van der Waals surface area (Å²) in [7, 11) is -1.98. The Kier molecular flexibility index (Phi) is 5.01. The van der Waals surface area contributed by atoms with E-state index in [1.165, 1.54) is 4.31 Å². The molecule has 2 aromatic rings. The van der Waals surface area contributed by atoms with E-state index in [-0.39, 0.29) is 6.03 Å². The second-order valence-corrected chi connectivity index (χ2v) is 8.06. The number of urea groups is 1. The molecule has 1 aromatic heterocycles. The van der Waals surface area contributed by atoms with E-state index in [0.717, 1.165) is 17.4 Å². The molecule has 0 saturated carbocycles. The summed E-state index contributed by atoms with van der Waals surface area (Å²) in [6, 6.07) is 7.04. The lowest BCUT2D eigenvalue weighted by molar-refractivity contribution is 0.202. The summed E-state index contributed by atoms with van der Waals surface area (Å²) in [5.74, 6) is 0. The van der Waals surface area contributed by atoms with Gasteiger partial charge in [0.2, 0.25) is 10.0 Å². The lowest BCUT2D eigenvalue weighted by atomic mass is 10.2. The second kappa shape index (κ2) is 7.05. The van der Waals surface area contributed by atoms with Crippen LogP contribution in [0.2, 0.25) is 0 Å². The number of aryl methyl sites for hydroxylation is 1. The molecule has 1 aliphatic rings. The van der Waals surface area contributed by atoms with E-state index < -0.39 is 10.0 Å². The van der Waals surface area contributed by atoms with Crippen LogP contribution in [0, 0.1) is 0 Å². The van der Waals surface area contributed by atoms with Gasteiger partial charge in [0.05, 0.1) is 4.90 Å². The molecule has 136 valence electrons. The highest BCUT2D eigenvalue weighted by molar-refractivity contribution is 7.89. The zero-order valence-corrected chi connectivity index (χ0v) is 15.4. The number of nitrogens with one attached hydrogen (secondary N) is 1. The first-order valence-corrected chi connectivity index (χ1v) is 9.97. The molecule has 2 amide bonds. The Morgan fingerprint density at radius 3 is 2.68 bits per heavy atom. The third-order valence-corrected chi connectivity index (χ3v) is 6.57. The number of amides is 2. The molecule has 0 spiro atoms. The van der Waals surface area contributed by atoms with Gasteiger partial charge in [-0.2, -0.15) is 4.31 Å². The van der Waals surface area contributed by atoms with Gasteiger partial charge in [0.25, 0.3) is 0 Å². The van der Waals surface area contributed by atoms with E-state index in [1.54, 1.807) is 24.1 Å². The zero-order chi connectivity index (χ0) is 18.0. The van der Waals surface area contributed by atoms with Crippen LogP contribution in [0.25, 0.3) is 10.9 Å². The molecule has 2 heterocycles. The van der Waals surface area contributed by atoms with Gasteiger partial charge in [-0.05, 0) is 37.6 Å². The minimum atomic E-state index is -3.56. The van der Waals surface area contributed by atoms with Crippen LogP contribution in [0.5, 0.6) is 0 Å². The van der Waals surface area contributed by atoms with Crippen molar-refractivity contribution < 1.29 is 13.2 Å². The summed E-state index contributed by atoms with van der Waals surface area (Å²) in [5.41, 5.74) is 1.03. The van der Waals surface area contributed by atoms with E-state index in [9.17, 15) is 13.2 Å². The Morgan fingerprint density at radius 1 is 1.16 bits per heavy atom. The SMILES string of the molecule is CCn1ccc2cc(S(=O)(=O)N3CCCN(C(=O)NC)CC3)ccc21. The quantitative estimate of drug-likeness (QED) is 0.901. The first kappa shape index (κ1) is 17.8. The molecule has 1 saturated heterocycles. The lowest BCUT2D eigenvalue weighted by Gasteiger charge is -2.21. The standard InChI is InChI=1S/C17H24N4O3S/c1-3-19-10-7-14-13-15(5-6-16(14)19)25(23,24)21-9-4-8-20(11-12-21)17(22)18-2/h5-7,10,13H,3-4,8-9,11-12H2,1-2H3,(H,18,22). The fraction of sp³-hybridized carbons (Fsp3) is 0.471. The Hall–Kier alpha value is -2.06. The monoisotopic (exact) mass is 364 g/mol. The minimum absolute atomic E-state index is 0.165. The highest BCUT2D eigenvalue weighted by atomic mass is 32.2. The van der Waals surface area contributed by atoms with Gasteiger partial charge >= 0.3 is 6.03 Å². The van der Waals surface area contributed by atoms with Crippen LogP contribution >= 0.6 is 0 Å². The highest BCUT2D eigenvalue weighted by Crippen LogP contribution is 2.23. The molecule has 0 unspecified atom stereocenters. The summed E-state index contributed by atoms with van der Waals surface area (Å²) in [5, 5.41) is 3.51. The lowest BCUT2D eigenvalue weighted by Crippen LogP contribution is -2.41. The van der Waals surface area contributed by atoms with E-state index >= 15 is 0 Å². The van der Waals surface area contributed by atoms with Gasteiger partial charge in [-0.15, -0.1) is 0 Å². The van der Waals surface area contributed by atoms with Crippen LogP contribution in [0.1, 0.15) is 13.3 Å². The first-order chi connectivity index (χ1) is 12.0. The highest BCUT2D eigenvalue weighted by Gasteiger charge is 2.28. The summed E-state index contributed by atoms with van der Waals surface area (Å²) in [6.45, 7) is 4.58. The number of hydrogen-bond donors (Lipinski definition) is 1. The fourth-order valence-electron chi connectivity index (χ4n) is 3.26.